The van der Waals surface area contributed by atoms with Crippen molar-refractivity contribution in [3.05, 3.63) is 0 Å². The standard InChI is InChI=1S/C11H24N2O/c1-9(2)5-6-12-8-11(14)13-7-10(3)4/h9-10,12H,5-8H2,1-4H3,(H,13,14). The van der Waals surface area contributed by atoms with Crippen LogP contribution in [-0.4, -0.2) is 25.5 Å². The topological polar surface area (TPSA) is 41.1 Å². The van der Waals surface area contributed by atoms with Gasteiger partial charge in [-0.3, -0.25) is 4.79 Å². The Bertz CT molecular complexity index is 155. The Kier molecular flexibility index (Phi) is 7.48. The number of carbonyl (C=O) groups excluding carboxylic acids is 1. The molecule has 0 aliphatic heterocycles. The van der Waals surface area contributed by atoms with Crippen LogP contribution in [0.4, 0.5) is 0 Å². The molecule has 0 radical (unpaired) electrons. The lowest BCUT2D eigenvalue weighted by Crippen LogP contribution is -2.36. The Morgan fingerprint density at radius 2 is 1.79 bits per heavy atom. The molecular formula is C11H24N2O. The summed E-state index contributed by atoms with van der Waals surface area (Å²) in [5.74, 6) is 1.32. The average molecular weight is 200 g/mol. The summed E-state index contributed by atoms with van der Waals surface area (Å²) in [6.07, 6.45) is 1.12. The molecule has 0 aromatic heterocycles. The number of nitrogens with one attached hydrogen (secondary N) is 2. The highest BCUT2D eigenvalue weighted by atomic mass is 16.1. The van der Waals surface area contributed by atoms with E-state index in [-0.39, 0.29) is 5.91 Å². The fourth-order valence-electron chi connectivity index (χ4n) is 0.973. The maximum absolute atomic E-state index is 11.2. The van der Waals surface area contributed by atoms with Crippen molar-refractivity contribution < 1.29 is 4.79 Å². The van der Waals surface area contributed by atoms with E-state index in [1.54, 1.807) is 0 Å². The molecule has 0 spiro atoms. The molecule has 0 fully saturated rings. The molecular weight excluding hydrogens is 176 g/mol. The molecule has 0 aromatic carbocycles. The van der Waals surface area contributed by atoms with Crippen LogP contribution in [0.2, 0.25) is 0 Å². The van der Waals surface area contributed by atoms with Crippen molar-refractivity contribution in [1.29, 1.82) is 0 Å². The summed E-state index contributed by atoms with van der Waals surface area (Å²) in [6.45, 7) is 10.7. The number of rotatable bonds is 7. The van der Waals surface area contributed by atoms with Crippen LogP contribution in [0, 0.1) is 11.8 Å². The molecule has 0 aromatic rings. The van der Waals surface area contributed by atoms with Gasteiger partial charge >= 0.3 is 0 Å². The van der Waals surface area contributed by atoms with Crippen LogP contribution in [0.15, 0.2) is 0 Å². The number of carbonyl (C=O) groups is 1. The van der Waals surface area contributed by atoms with E-state index >= 15 is 0 Å². The fraction of sp³-hybridized carbons (Fsp3) is 0.909. The molecule has 0 rings (SSSR count). The molecule has 0 atom stereocenters. The van der Waals surface area contributed by atoms with Gasteiger partial charge in [-0.1, -0.05) is 27.7 Å². The maximum Gasteiger partial charge on any atom is 0.233 e. The highest BCUT2D eigenvalue weighted by molar-refractivity contribution is 5.77. The molecule has 1 amide bonds. The van der Waals surface area contributed by atoms with Gasteiger partial charge < -0.3 is 10.6 Å². The molecule has 0 unspecified atom stereocenters. The van der Waals surface area contributed by atoms with Crippen molar-refractivity contribution in [2.45, 2.75) is 34.1 Å². The molecule has 3 heteroatoms. The summed E-state index contributed by atoms with van der Waals surface area (Å²) in [6, 6.07) is 0. The SMILES string of the molecule is CC(C)CCNCC(=O)NCC(C)C. The third-order valence-electron chi connectivity index (χ3n) is 1.89. The van der Waals surface area contributed by atoms with E-state index in [2.05, 4.69) is 38.3 Å². The van der Waals surface area contributed by atoms with E-state index in [9.17, 15) is 4.79 Å². The predicted molar refractivity (Wildman–Crippen MR) is 60.2 cm³/mol. The monoisotopic (exact) mass is 200 g/mol. The largest absolute Gasteiger partial charge is 0.355 e. The number of amides is 1. The fourth-order valence-corrected chi connectivity index (χ4v) is 0.973. The lowest BCUT2D eigenvalue weighted by Gasteiger charge is -2.09. The summed E-state index contributed by atoms with van der Waals surface area (Å²) in [5.41, 5.74) is 0. The van der Waals surface area contributed by atoms with Gasteiger partial charge in [0, 0.05) is 6.54 Å². The highest BCUT2D eigenvalue weighted by Crippen LogP contribution is 1.95. The zero-order valence-corrected chi connectivity index (χ0v) is 9.89. The van der Waals surface area contributed by atoms with E-state index in [4.69, 9.17) is 0 Å². The summed E-state index contributed by atoms with van der Waals surface area (Å²) < 4.78 is 0. The van der Waals surface area contributed by atoms with Gasteiger partial charge in [-0.05, 0) is 24.8 Å². The van der Waals surface area contributed by atoms with Crippen molar-refractivity contribution in [1.82, 2.24) is 10.6 Å². The molecule has 0 bridgehead atoms. The quantitative estimate of drug-likeness (QED) is 0.610. The van der Waals surface area contributed by atoms with Crippen LogP contribution in [0.25, 0.3) is 0 Å². The van der Waals surface area contributed by atoms with Gasteiger partial charge in [0.1, 0.15) is 0 Å². The number of hydrogen-bond acceptors (Lipinski definition) is 2. The summed E-state index contributed by atoms with van der Waals surface area (Å²) in [4.78, 5) is 11.2. The minimum absolute atomic E-state index is 0.0995. The van der Waals surface area contributed by atoms with E-state index < -0.39 is 0 Å². The van der Waals surface area contributed by atoms with Gasteiger partial charge in [0.25, 0.3) is 0 Å². The molecule has 84 valence electrons. The van der Waals surface area contributed by atoms with Gasteiger partial charge in [-0.2, -0.15) is 0 Å². The normalized spacial score (nSPS) is 11.0. The predicted octanol–water partition coefficient (Wildman–Crippen LogP) is 1.39. The van der Waals surface area contributed by atoms with Crippen LogP contribution in [-0.2, 0) is 4.79 Å². The highest BCUT2D eigenvalue weighted by Gasteiger charge is 2.01. The van der Waals surface area contributed by atoms with Crippen LogP contribution in [0.3, 0.4) is 0 Å². The first-order chi connectivity index (χ1) is 6.52. The smallest absolute Gasteiger partial charge is 0.233 e. The summed E-state index contributed by atoms with van der Waals surface area (Å²) in [5, 5.41) is 6.00. The average Bonchev–Trinajstić information content (AvgIpc) is 2.08. The molecule has 2 N–H and O–H groups in total. The molecule has 0 saturated carbocycles. The van der Waals surface area contributed by atoms with Crippen LogP contribution in [0.1, 0.15) is 34.1 Å². The maximum atomic E-state index is 11.2. The van der Waals surface area contributed by atoms with Crippen LogP contribution >= 0.6 is 0 Å². The van der Waals surface area contributed by atoms with Crippen molar-refractivity contribution >= 4 is 5.91 Å². The molecule has 0 heterocycles. The Labute approximate surface area is 87.6 Å². The second kappa shape index (κ2) is 7.80. The number of hydrogen-bond donors (Lipinski definition) is 2. The van der Waals surface area contributed by atoms with Gasteiger partial charge in [0.05, 0.1) is 6.54 Å². The van der Waals surface area contributed by atoms with E-state index in [0.29, 0.717) is 18.4 Å². The lowest BCUT2D eigenvalue weighted by atomic mass is 10.1. The van der Waals surface area contributed by atoms with Gasteiger partial charge in [-0.25, -0.2) is 0 Å². The van der Waals surface area contributed by atoms with Crippen molar-refractivity contribution in [3.8, 4) is 0 Å². The zero-order valence-electron chi connectivity index (χ0n) is 9.89. The first-order valence-corrected chi connectivity index (χ1v) is 5.49. The third kappa shape index (κ3) is 9.52. The second-order valence-electron chi connectivity index (χ2n) is 4.56. The minimum atomic E-state index is 0.0995. The summed E-state index contributed by atoms with van der Waals surface area (Å²) in [7, 11) is 0. The van der Waals surface area contributed by atoms with Crippen LogP contribution in [0.5, 0.6) is 0 Å². The van der Waals surface area contributed by atoms with Crippen molar-refractivity contribution in [2.75, 3.05) is 19.6 Å². The third-order valence-corrected chi connectivity index (χ3v) is 1.89. The van der Waals surface area contributed by atoms with E-state index in [1.165, 1.54) is 0 Å². The molecule has 3 nitrogen and oxygen atoms in total. The lowest BCUT2D eigenvalue weighted by molar-refractivity contribution is -0.120. The zero-order chi connectivity index (χ0) is 11.0. The van der Waals surface area contributed by atoms with E-state index in [0.717, 1.165) is 19.5 Å². The summed E-state index contributed by atoms with van der Waals surface area (Å²) >= 11 is 0. The Hall–Kier alpha value is -0.570. The molecule has 14 heavy (non-hydrogen) atoms. The van der Waals surface area contributed by atoms with Gasteiger partial charge in [0.2, 0.25) is 5.91 Å². The molecule has 0 aliphatic rings. The van der Waals surface area contributed by atoms with E-state index in [1.807, 2.05) is 0 Å². The Balaban J connectivity index is 3.27. The molecule has 0 aliphatic carbocycles. The minimum Gasteiger partial charge on any atom is -0.355 e. The van der Waals surface area contributed by atoms with Crippen LogP contribution < -0.4 is 10.6 Å². The first kappa shape index (κ1) is 13.4. The second-order valence-corrected chi connectivity index (χ2v) is 4.56. The Morgan fingerprint density at radius 3 is 2.29 bits per heavy atom. The van der Waals surface area contributed by atoms with Gasteiger partial charge in [-0.15, -0.1) is 0 Å². The van der Waals surface area contributed by atoms with Gasteiger partial charge in [0.15, 0.2) is 0 Å². The first-order valence-electron chi connectivity index (χ1n) is 5.49. The van der Waals surface area contributed by atoms with Crippen molar-refractivity contribution in [3.63, 3.8) is 0 Å². The molecule has 0 saturated heterocycles. The Morgan fingerprint density at radius 1 is 1.14 bits per heavy atom. The van der Waals surface area contributed by atoms with Crippen molar-refractivity contribution in [2.24, 2.45) is 11.8 Å².